The third kappa shape index (κ3) is 3.86. The Morgan fingerprint density at radius 2 is 1.96 bits per heavy atom. The molecule has 10 heteroatoms. The van der Waals surface area contributed by atoms with Crippen molar-refractivity contribution in [3.8, 4) is 11.5 Å². The second kappa shape index (κ2) is 7.64. The Bertz CT molecular complexity index is 1040. The van der Waals surface area contributed by atoms with Crippen molar-refractivity contribution in [2.45, 2.75) is 6.04 Å². The van der Waals surface area contributed by atoms with E-state index in [1.54, 1.807) is 0 Å². The number of ether oxygens (including phenoxy) is 1. The molecule has 0 aliphatic carbocycles. The molecular weight excluding hydrogens is 362 g/mol. The molecule has 0 fully saturated rings. The molecule has 3 N–H and O–H groups in total. The zero-order valence-corrected chi connectivity index (χ0v) is 14.2. The number of aromatic nitrogens is 3. The lowest BCUT2D eigenvalue weighted by atomic mass is 10.3. The van der Waals surface area contributed by atoms with Crippen LogP contribution in [-0.4, -0.2) is 44.0 Å². The van der Waals surface area contributed by atoms with Crippen LogP contribution >= 0.6 is 0 Å². The van der Waals surface area contributed by atoms with Gasteiger partial charge in [0.2, 0.25) is 5.95 Å². The van der Waals surface area contributed by atoms with Crippen LogP contribution in [0.5, 0.6) is 11.5 Å². The number of anilines is 1. The third-order valence-corrected chi connectivity index (χ3v) is 3.80. The van der Waals surface area contributed by atoms with E-state index in [-0.39, 0.29) is 36.3 Å². The number of hydrogen-bond acceptors (Lipinski definition) is 7. The molecule has 0 bridgehead atoms. The molecule has 0 aliphatic heterocycles. The minimum atomic E-state index is -0.938. The van der Waals surface area contributed by atoms with E-state index in [1.807, 2.05) is 0 Å². The average molecular weight is 378 g/mol. The number of nitrogens with zero attached hydrogens (tertiary/aromatic N) is 3. The highest BCUT2D eigenvalue weighted by atomic mass is 19.1. The zero-order chi connectivity index (χ0) is 19.6. The normalized spacial score (nSPS) is 11.2. The monoisotopic (exact) mass is 378 g/mol. The van der Waals surface area contributed by atoms with Crippen LogP contribution in [0.4, 0.5) is 14.7 Å². The van der Waals surface area contributed by atoms with Crippen LogP contribution in [0.1, 0.15) is 0 Å². The SMILES string of the molecule is Cn1c(=O)c(Oc2ccc(F)cc2F)cc2cnc(NC(CO)CO)nc21. The molecule has 142 valence electrons. The summed E-state index contributed by atoms with van der Waals surface area (Å²) in [6.07, 6.45) is 1.41. The first-order valence-corrected chi connectivity index (χ1v) is 7.91. The lowest BCUT2D eigenvalue weighted by molar-refractivity contribution is 0.203. The maximum Gasteiger partial charge on any atom is 0.294 e. The smallest absolute Gasteiger partial charge is 0.294 e. The van der Waals surface area contributed by atoms with E-state index in [0.29, 0.717) is 11.5 Å². The van der Waals surface area contributed by atoms with Gasteiger partial charge < -0.3 is 20.3 Å². The Balaban J connectivity index is 1.99. The van der Waals surface area contributed by atoms with Gasteiger partial charge in [-0.3, -0.25) is 9.36 Å². The summed E-state index contributed by atoms with van der Waals surface area (Å²) < 4.78 is 33.3. The van der Waals surface area contributed by atoms with Crippen molar-refractivity contribution in [1.82, 2.24) is 14.5 Å². The Labute approximate surface area is 151 Å². The van der Waals surface area contributed by atoms with Crippen LogP contribution in [0.3, 0.4) is 0 Å². The molecule has 0 saturated carbocycles. The van der Waals surface area contributed by atoms with Crippen molar-refractivity contribution >= 4 is 17.0 Å². The Kier molecular flexibility index (Phi) is 5.28. The molecule has 2 heterocycles. The quantitative estimate of drug-likeness (QED) is 0.591. The highest BCUT2D eigenvalue weighted by Crippen LogP contribution is 2.24. The first-order chi connectivity index (χ1) is 12.9. The van der Waals surface area contributed by atoms with Crippen molar-refractivity contribution in [3.05, 3.63) is 52.5 Å². The number of benzene rings is 1. The van der Waals surface area contributed by atoms with Gasteiger partial charge in [-0.15, -0.1) is 0 Å². The van der Waals surface area contributed by atoms with E-state index in [2.05, 4.69) is 15.3 Å². The molecule has 0 spiro atoms. The summed E-state index contributed by atoms with van der Waals surface area (Å²) in [4.78, 5) is 20.7. The van der Waals surface area contributed by atoms with Crippen LogP contribution < -0.4 is 15.6 Å². The van der Waals surface area contributed by atoms with E-state index in [1.165, 1.54) is 23.9 Å². The Morgan fingerprint density at radius 1 is 1.22 bits per heavy atom. The summed E-state index contributed by atoms with van der Waals surface area (Å²) in [7, 11) is 1.45. The lowest BCUT2D eigenvalue weighted by Gasteiger charge is -2.14. The van der Waals surface area contributed by atoms with Crippen LogP contribution in [0.2, 0.25) is 0 Å². The summed E-state index contributed by atoms with van der Waals surface area (Å²) in [5, 5.41) is 21.4. The van der Waals surface area contributed by atoms with Gasteiger partial charge in [-0.2, -0.15) is 4.98 Å². The summed E-state index contributed by atoms with van der Waals surface area (Å²) in [6, 6.07) is 3.45. The molecule has 0 aliphatic rings. The van der Waals surface area contributed by atoms with Crippen LogP contribution in [0.25, 0.3) is 11.0 Å². The number of pyridine rings is 1. The molecule has 0 unspecified atom stereocenters. The van der Waals surface area contributed by atoms with Gasteiger partial charge in [0.25, 0.3) is 5.56 Å². The minimum Gasteiger partial charge on any atom is -0.448 e. The molecule has 1 aromatic carbocycles. The van der Waals surface area contributed by atoms with Gasteiger partial charge in [0.05, 0.1) is 19.3 Å². The molecule has 2 aromatic heterocycles. The molecule has 0 atom stereocenters. The van der Waals surface area contributed by atoms with Gasteiger partial charge in [-0.1, -0.05) is 0 Å². The van der Waals surface area contributed by atoms with E-state index in [4.69, 9.17) is 14.9 Å². The standard InChI is InChI=1S/C17H16F2N4O4/c1-23-15-9(6-20-17(22-15)21-11(7-24)8-25)4-14(16(23)26)27-13-3-2-10(18)5-12(13)19/h2-6,11,24-25H,7-8H2,1H3,(H,20,21,22). The van der Waals surface area contributed by atoms with Crippen molar-refractivity contribution in [1.29, 1.82) is 0 Å². The van der Waals surface area contributed by atoms with E-state index < -0.39 is 23.2 Å². The Hall–Kier alpha value is -3.11. The minimum absolute atomic E-state index is 0.115. The average Bonchev–Trinajstić information content (AvgIpc) is 2.66. The van der Waals surface area contributed by atoms with Crippen LogP contribution in [0.15, 0.2) is 35.3 Å². The predicted molar refractivity (Wildman–Crippen MR) is 92.8 cm³/mol. The zero-order valence-electron chi connectivity index (χ0n) is 14.2. The fourth-order valence-electron chi connectivity index (χ4n) is 2.37. The van der Waals surface area contributed by atoms with Gasteiger partial charge in [-0.05, 0) is 18.2 Å². The Morgan fingerprint density at radius 3 is 2.63 bits per heavy atom. The lowest BCUT2D eigenvalue weighted by Crippen LogP contribution is -2.29. The third-order valence-electron chi connectivity index (χ3n) is 3.80. The number of rotatable bonds is 6. The first kappa shape index (κ1) is 18.7. The highest BCUT2D eigenvalue weighted by Gasteiger charge is 2.15. The van der Waals surface area contributed by atoms with Crippen molar-refractivity contribution in [3.63, 3.8) is 0 Å². The molecule has 0 saturated heterocycles. The van der Waals surface area contributed by atoms with Crippen LogP contribution in [-0.2, 0) is 7.05 Å². The number of aliphatic hydroxyl groups excluding tert-OH is 2. The number of aliphatic hydroxyl groups is 2. The second-order valence-electron chi connectivity index (χ2n) is 5.73. The largest absolute Gasteiger partial charge is 0.448 e. The maximum absolute atomic E-state index is 13.8. The fourth-order valence-corrected chi connectivity index (χ4v) is 2.37. The van der Waals surface area contributed by atoms with Gasteiger partial charge in [-0.25, -0.2) is 13.8 Å². The van der Waals surface area contributed by atoms with Gasteiger partial charge in [0.1, 0.15) is 11.5 Å². The maximum atomic E-state index is 13.8. The van der Waals surface area contributed by atoms with Crippen molar-refractivity contribution < 1.29 is 23.7 Å². The summed E-state index contributed by atoms with van der Waals surface area (Å²) in [5.41, 5.74) is -0.323. The second-order valence-corrected chi connectivity index (χ2v) is 5.73. The molecule has 3 rings (SSSR count). The van der Waals surface area contributed by atoms with E-state index >= 15 is 0 Å². The highest BCUT2D eigenvalue weighted by molar-refractivity contribution is 5.76. The molecule has 3 aromatic rings. The fraction of sp³-hybridized carbons (Fsp3) is 0.235. The van der Waals surface area contributed by atoms with Crippen molar-refractivity contribution in [2.75, 3.05) is 18.5 Å². The van der Waals surface area contributed by atoms with Gasteiger partial charge >= 0.3 is 0 Å². The predicted octanol–water partition coefficient (Wildman–Crippen LogP) is 1.16. The summed E-state index contributed by atoms with van der Waals surface area (Å²) in [5.74, 6) is -2.05. The van der Waals surface area contributed by atoms with Crippen LogP contribution in [0, 0.1) is 11.6 Å². The number of aryl methyl sites for hydroxylation is 1. The number of nitrogens with one attached hydrogen (secondary N) is 1. The molecule has 0 radical (unpaired) electrons. The topological polar surface area (TPSA) is 110 Å². The molecule has 0 amide bonds. The van der Waals surface area contributed by atoms with Gasteiger partial charge in [0.15, 0.2) is 17.3 Å². The first-order valence-electron chi connectivity index (χ1n) is 7.91. The number of hydrogen-bond donors (Lipinski definition) is 3. The van der Waals surface area contributed by atoms with Crippen molar-refractivity contribution in [2.24, 2.45) is 7.05 Å². The van der Waals surface area contributed by atoms with Gasteiger partial charge in [0, 0.05) is 24.7 Å². The summed E-state index contributed by atoms with van der Waals surface area (Å²) in [6.45, 7) is -0.653. The molecular formula is C17H16F2N4O4. The molecule has 27 heavy (non-hydrogen) atoms. The number of fused-ring (bicyclic) bond motifs is 1. The molecule has 8 nitrogen and oxygen atoms in total. The number of halogens is 2. The van der Waals surface area contributed by atoms with E-state index in [9.17, 15) is 13.6 Å². The summed E-state index contributed by atoms with van der Waals surface area (Å²) >= 11 is 0. The van der Waals surface area contributed by atoms with E-state index in [0.717, 1.165) is 12.1 Å².